The third-order valence-electron chi connectivity index (χ3n) is 2.51. The van der Waals surface area contributed by atoms with E-state index in [4.69, 9.17) is 5.26 Å². The van der Waals surface area contributed by atoms with Crippen LogP contribution < -0.4 is 0 Å². The zero-order chi connectivity index (χ0) is 12.6. The molecule has 0 saturated heterocycles. The fraction of sp³-hybridized carbons (Fsp3) is 0.182. The maximum Gasteiger partial charge on any atom is 0.307 e. The van der Waals surface area contributed by atoms with Gasteiger partial charge in [0.05, 0.1) is 11.1 Å². The van der Waals surface area contributed by atoms with E-state index in [-0.39, 0.29) is 0 Å². The van der Waals surface area contributed by atoms with Gasteiger partial charge in [-0.2, -0.15) is 18.0 Å². The molecule has 1 heterocycles. The van der Waals surface area contributed by atoms with Gasteiger partial charge < -0.3 is 0 Å². The van der Waals surface area contributed by atoms with Gasteiger partial charge >= 0.3 is 10.2 Å². The minimum absolute atomic E-state index is 0.353. The van der Waals surface area contributed by atoms with Crippen LogP contribution in [0.4, 0.5) is 0 Å². The van der Waals surface area contributed by atoms with Crippen LogP contribution in [-0.2, 0) is 10.2 Å². The molecule has 0 spiro atoms. The molecule has 0 aliphatic carbocycles. The number of rotatable bonds is 2. The van der Waals surface area contributed by atoms with Crippen molar-refractivity contribution in [1.29, 1.82) is 5.26 Å². The number of hydrogen-bond acceptors (Lipinski definition) is 3. The molecule has 17 heavy (non-hydrogen) atoms. The highest BCUT2D eigenvalue weighted by Crippen LogP contribution is 2.22. The van der Waals surface area contributed by atoms with E-state index in [1.807, 2.05) is 6.07 Å². The Morgan fingerprint density at radius 1 is 1.29 bits per heavy atom. The second kappa shape index (κ2) is 3.87. The standard InChI is InChI=1S/C11H11N3O2S/c1-13(2)17(15,16)14-8-9(7-12)10-5-3-4-6-11(10)14/h3-6,8H,1-2H3. The summed E-state index contributed by atoms with van der Waals surface area (Å²) in [6, 6.07) is 8.92. The lowest BCUT2D eigenvalue weighted by Gasteiger charge is -2.12. The van der Waals surface area contributed by atoms with Crippen molar-refractivity contribution in [3.8, 4) is 6.07 Å². The molecular formula is C11H11N3O2S. The molecule has 88 valence electrons. The molecule has 0 saturated carbocycles. The first-order valence-electron chi connectivity index (χ1n) is 4.91. The molecule has 5 nitrogen and oxygen atoms in total. The Bertz CT molecular complexity index is 708. The van der Waals surface area contributed by atoms with Gasteiger partial charge in [0.25, 0.3) is 0 Å². The van der Waals surface area contributed by atoms with Gasteiger partial charge in [-0.15, -0.1) is 0 Å². The minimum atomic E-state index is -3.59. The Morgan fingerprint density at radius 3 is 2.53 bits per heavy atom. The first kappa shape index (κ1) is 11.6. The van der Waals surface area contributed by atoms with Crippen LogP contribution in [0, 0.1) is 11.3 Å². The molecule has 2 aromatic rings. The fourth-order valence-electron chi connectivity index (χ4n) is 1.61. The van der Waals surface area contributed by atoms with Crippen molar-refractivity contribution in [2.45, 2.75) is 0 Å². The van der Waals surface area contributed by atoms with Crippen molar-refractivity contribution >= 4 is 21.1 Å². The van der Waals surface area contributed by atoms with Gasteiger partial charge in [0, 0.05) is 25.7 Å². The van der Waals surface area contributed by atoms with E-state index >= 15 is 0 Å². The summed E-state index contributed by atoms with van der Waals surface area (Å²) in [6.45, 7) is 0. The van der Waals surface area contributed by atoms with E-state index in [0.29, 0.717) is 16.5 Å². The van der Waals surface area contributed by atoms with Crippen LogP contribution in [0.25, 0.3) is 10.9 Å². The predicted octanol–water partition coefficient (Wildman–Crippen LogP) is 1.17. The summed E-state index contributed by atoms with van der Waals surface area (Å²) in [6.07, 6.45) is 1.35. The Kier molecular flexibility index (Phi) is 2.65. The van der Waals surface area contributed by atoms with Crippen LogP contribution in [-0.4, -0.2) is 30.8 Å². The van der Waals surface area contributed by atoms with Crippen molar-refractivity contribution in [3.05, 3.63) is 36.0 Å². The molecule has 0 amide bonds. The zero-order valence-electron chi connectivity index (χ0n) is 9.45. The van der Waals surface area contributed by atoms with Gasteiger partial charge in [-0.05, 0) is 6.07 Å². The summed E-state index contributed by atoms with van der Waals surface area (Å²) >= 11 is 0. The Balaban J connectivity index is 2.86. The van der Waals surface area contributed by atoms with Gasteiger partial charge in [0.15, 0.2) is 0 Å². The summed E-state index contributed by atoms with van der Waals surface area (Å²) < 4.78 is 26.3. The summed E-state index contributed by atoms with van der Waals surface area (Å²) in [7, 11) is -0.685. The van der Waals surface area contributed by atoms with E-state index in [1.165, 1.54) is 20.3 Å². The molecule has 0 fully saturated rings. The lowest BCUT2D eigenvalue weighted by Crippen LogP contribution is -2.28. The number of nitrogens with zero attached hydrogens (tertiary/aromatic N) is 3. The average Bonchev–Trinajstić information content (AvgIpc) is 2.68. The highest BCUT2D eigenvalue weighted by molar-refractivity contribution is 7.87. The van der Waals surface area contributed by atoms with Gasteiger partial charge in [-0.1, -0.05) is 18.2 Å². The van der Waals surface area contributed by atoms with E-state index in [2.05, 4.69) is 0 Å². The van der Waals surface area contributed by atoms with Crippen LogP contribution in [0.2, 0.25) is 0 Å². The van der Waals surface area contributed by atoms with Gasteiger partial charge in [-0.3, -0.25) is 0 Å². The van der Waals surface area contributed by atoms with Crippen LogP contribution in [0.15, 0.2) is 30.5 Å². The molecule has 0 unspecified atom stereocenters. The molecule has 2 rings (SSSR count). The first-order chi connectivity index (χ1) is 7.98. The van der Waals surface area contributed by atoms with Crippen LogP contribution >= 0.6 is 0 Å². The summed E-state index contributed by atoms with van der Waals surface area (Å²) in [5.74, 6) is 0. The summed E-state index contributed by atoms with van der Waals surface area (Å²) in [5, 5.41) is 9.62. The van der Waals surface area contributed by atoms with Crippen molar-refractivity contribution in [1.82, 2.24) is 8.28 Å². The molecular weight excluding hydrogens is 238 g/mol. The molecule has 6 heteroatoms. The maximum atomic E-state index is 12.1. The van der Waals surface area contributed by atoms with Crippen LogP contribution in [0.1, 0.15) is 5.56 Å². The Morgan fingerprint density at radius 2 is 1.94 bits per heavy atom. The van der Waals surface area contributed by atoms with Crippen LogP contribution in [0.3, 0.4) is 0 Å². The highest BCUT2D eigenvalue weighted by Gasteiger charge is 2.20. The molecule has 0 radical (unpaired) electrons. The van der Waals surface area contributed by atoms with E-state index in [0.717, 1.165) is 8.28 Å². The lowest BCUT2D eigenvalue weighted by atomic mass is 10.2. The van der Waals surface area contributed by atoms with Crippen molar-refractivity contribution in [3.63, 3.8) is 0 Å². The summed E-state index contributed by atoms with van der Waals surface area (Å²) in [5.41, 5.74) is 0.865. The SMILES string of the molecule is CN(C)S(=O)(=O)n1cc(C#N)c2ccccc21. The monoisotopic (exact) mass is 249 g/mol. The van der Waals surface area contributed by atoms with Crippen LogP contribution in [0.5, 0.6) is 0 Å². The van der Waals surface area contributed by atoms with E-state index in [1.54, 1.807) is 24.3 Å². The predicted molar refractivity (Wildman–Crippen MR) is 64.7 cm³/mol. The number of fused-ring (bicyclic) bond motifs is 1. The quantitative estimate of drug-likeness (QED) is 0.802. The normalized spacial score (nSPS) is 11.9. The lowest BCUT2D eigenvalue weighted by molar-refractivity contribution is 0.512. The topological polar surface area (TPSA) is 66.1 Å². The molecule has 0 atom stereocenters. The maximum absolute atomic E-state index is 12.1. The molecule has 0 N–H and O–H groups in total. The number of nitriles is 1. The highest BCUT2D eigenvalue weighted by atomic mass is 32.2. The number of aromatic nitrogens is 1. The third kappa shape index (κ3) is 1.69. The largest absolute Gasteiger partial charge is 0.307 e. The Hall–Kier alpha value is -1.84. The van der Waals surface area contributed by atoms with Gasteiger partial charge in [0.1, 0.15) is 6.07 Å². The zero-order valence-corrected chi connectivity index (χ0v) is 10.3. The third-order valence-corrected chi connectivity index (χ3v) is 4.23. The average molecular weight is 249 g/mol. The Labute approximate surface area is 99.7 Å². The molecule has 1 aromatic carbocycles. The fourth-order valence-corrected chi connectivity index (χ4v) is 2.60. The smallest absolute Gasteiger partial charge is 0.231 e. The van der Waals surface area contributed by atoms with Gasteiger partial charge in [0.2, 0.25) is 0 Å². The van der Waals surface area contributed by atoms with Gasteiger partial charge in [-0.25, -0.2) is 3.97 Å². The van der Waals surface area contributed by atoms with Crippen molar-refractivity contribution < 1.29 is 8.42 Å². The molecule has 0 aliphatic rings. The van der Waals surface area contributed by atoms with Crippen molar-refractivity contribution in [2.75, 3.05) is 14.1 Å². The second-order valence-corrected chi connectivity index (χ2v) is 5.78. The minimum Gasteiger partial charge on any atom is -0.231 e. The van der Waals surface area contributed by atoms with E-state index in [9.17, 15) is 8.42 Å². The number of para-hydroxylation sites is 1. The number of benzene rings is 1. The number of hydrogen-bond donors (Lipinski definition) is 0. The summed E-state index contributed by atoms with van der Waals surface area (Å²) in [4.78, 5) is 0. The second-order valence-electron chi connectivity index (χ2n) is 3.76. The van der Waals surface area contributed by atoms with Crippen molar-refractivity contribution in [2.24, 2.45) is 0 Å². The molecule has 1 aromatic heterocycles. The molecule has 0 aliphatic heterocycles. The first-order valence-corrected chi connectivity index (χ1v) is 6.31. The molecule has 0 bridgehead atoms. The van der Waals surface area contributed by atoms with E-state index < -0.39 is 10.2 Å².